The van der Waals surface area contributed by atoms with Gasteiger partial charge in [-0.3, -0.25) is 4.79 Å². The summed E-state index contributed by atoms with van der Waals surface area (Å²) in [7, 11) is -4.16. The number of rotatable bonds is 7. The fourth-order valence-electron chi connectivity index (χ4n) is 5.42. The normalized spacial score (nSPS) is 18.0. The number of sulfonamides is 1. The number of nitrogens with zero attached hydrogens (tertiary/aromatic N) is 2. The first-order valence-corrected chi connectivity index (χ1v) is 15.1. The number of alkyl halides is 3. The van der Waals surface area contributed by atoms with Crippen LogP contribution < -0.4 is 15.0 Å². The highest BCUT2D eigenvalue weighted by molar-refractivity contribution is 7.89. The van der Waals surface area contributed by atoms with Crippen molar-refractivity contribution in [3.05, 3.63) is 83.4 Å². The van der Waals surface area contributed by atoms with Gasteiger partial charge in [0.15, 0.2) is 0 Å². The van der Waals surface area contributed by atoms with E-state index in [9.17, 15) is 26.4 Å². The Labute approximate surface area is 238 Å². The summed E-state index contributed by atoms with van der Waals surface area (Å²) in [6.07, 6.45) is -1.72. The molecule has 218 valence electrons. The van der Waals surface area contributed by atoms with Crippen LogP contribution in [0.4, 0.5) is 24.5 Å². The number of carbonyl (C=O) groups is 1. The SMILES string of the molecule is CCOc1ccc(S(=O)(=O)N2Cc3ccccc3C[C@H]2C(=O)Nc2cc(C(F)(F)F)ccc2N2CCCCC2)cc1. The number of nitrogens with one attached hydrogen (secondary N) is 1. The lowest BCUT2D eigenvalue weighted by Gasteiger charge is -2.36. The highest BCUT2D eigenvalue weighted by atomic mass is 32.2. The maximum atomic E-state index is 13.9. The van der Waals surface area contributed by atoms with Crippen LogP contribution in [0.5, 0.6) is 5.75 Å². The second-order valence-corrected chi connectivity index (χ2v) is 12.1. The summed E-state index contributed by atoms with van der Waals surface area (Å²) >= 11 is 0. The highest BCUT2D eigenvalue weighted by Crippen LogP contribution is 2.37. The third-order valence-electron chi connectivity index (χ3n) is 7.53. The molecule has 3 aromatic rings. The topological polar surface area (TPSA) is 79.0 Å². The van der Waals surface area contributed by atoms with E-state index in [4.69, 9.17) is 4.74 Å². The summed E-state index contributed by atoms with van der Waals surface area (Å²) in [5.74, 6) is -0.175. The molecule has 0 spiro atoms. The van der Waals surface area contributed by atoms with Crippen molar-refractivity contribution >= 4 is 27.3 Å². The molecule has 3 aromatic carbocycles. The van der Waals surface area contributed by atoms with E-state index in [0.29, 0.717) is 31.1 Å². The first-order chi connectivity index (χ1) is 19.6. The van der Waals surface area contributed by atoms with Crippen LogP contribution in [0.25, 0.3) is 0 Å². The molecular weight excluding hydrogens is 555 g/mol. The van der Waals surface area contributed by atoms with E-state index in [1.165, 1.54) is 18.2 Å². The molecule has 0 aliphatic carbocycles. The van der Waals surface area contributed by atoms with Crippen LogP contribution in [-0.4, -0.2) is 44.4 Å². The van der Waals surface area contributed by atoms with Gasteiger partial charge in [-0.2, -0.15) is 17.5 Å². The number of benzene rings is 3. The summed E-state index contributed by atoms with van der Waals surface area (Å²) < 4.78 is 75.3. The monoisotopic (exact) mass is 587 g/mol. The molecule has 0 bridgehead atoms. The van der Waals surface area contributed by atoms with Gasteiger partial charge in [-0.25, -0.2) is 8.42 Å². The van der Waals surface area contributed by atoms with Crippen molar-refractivity contribution < 1.29 is 31.1 Å². The molecule has 1 fully saturated rings. The quantitative estimate of drug-likeness (QED) is 0.375. The number of piperidine rings is 1. The summed E-state index contributed by atoms with van der Waals surface area (Å²) in [5.41, 5.74) is 1.19. The molecule has 1 N–H and O–H groups in total. The molecule has 2 aliphatic rings. The maximum absolute atomic E-state index is 13.9. The molecule has 1 amide bonds. The van der Waals surface area contributed by atoms with E-state index >= 15 is 0 Å². The van der Waals surface area contributed by atoms with E-state index in [1.807, 2.05) is 30.0 Å². The summed E-state index contributed by atoms with van der Waals surface area (Å²) in [4.78, 5) is 15.8. The summed E-state index contributed by atoms with van der Waals surface area (Å²) in [6, 6.07) is 15.4. The van der Waals surface area contributed by atoms with Gasteiger partial charge in [0, 0.05) is 19.6 Å². The molecule has 2 aliphatic heterocycles. The lowest BCUT2D eigenvalue weighted by atomic mass is 9.95. The second-order valence-electron chi connectivity index (χ2n) is 10.2. The Balaban J connectivity index is 1.51. The molecule has 0 radical (unpaired) electrons. The van der Waals surface area contributed by atoms with Gasteiger partial charge in [-0.15, -0.1) is 0 Å². The third kappa shape index (κ3) is 6.20. The Hall–Kier alpha value is -3.57. The Morgan fingerprint density at radius 2 is 1.66 bits per heavy atom. The number of hydrogen-bond acceptors (Lipinski definition) is 5. The Morgan fingerprint density at radius 3 is 2.32 bits per heavy atom. The minimum atomic E-state index is -4.60. The smallest absolute Gasteiger partial charge is 0.416 e. The van der Waals surface area contributed by atoms with E-state index in [-0.39, 0.29) is 23.5 Å². The molecular formula is C30H32F3N3O4S. The second kappa shape index (κ2) is 11.7. The van der Waals surface area contributed by atoms with Crippen LogP contribution in [0, 0.1) is 0 Å². The summed E-state index contributed by atoms with van der Waals surface area (Å²) in [6.45, 7) is 3.50. The molecule has 2 heterocycles. The Kier molecular flexibility index (Phi) is 8.28. The first-order valence-electron chi connectivity index (χ1n) is 13.7. The van der Waals surface area contributed by atoms with Crippen LogP contribution >= 0.6 is 0 Å². The number of ether oxygens (including phenoxy) is 1. The lowest BCUT2D eigenvalue weighted by Crippen LogP contribution is -2.50. The fraction of sp³-hybridized carbons (Fsp3) is 0.367. The zero-order valence-electron chi connectivity index (χ0n) is 22.7. The van der Waals surface area contributed by atoms with Gasteiger partial charge >= 0.3 is 6.18 Å². The van der Waals surface area contributed by atoms with Crippen LogP contribution in [0.3, 0.4) is 0 Å². The molecule has 0 unspecified atom stereocenters. The van der Waals surface area contributed by atoms with E-state index in [2.05, 4.69) is 5.32 Å². The predicted molar refractivity (Wildman–Crippen MR) is 150 cm³/mol. The van der Waals surface area contributed by atoms with Gasteiger partial charge in [-0.05, 0) is 86.2 Å². The minimum Gasteiger partial charge on any atom is -0.494 e. The highest BCUT2D eigenvalue weighted by Gasteiger charge is 2.40. The maximum Gasteiger partial charge on any atom is 0.416 e. The van der Waals surface area contributed by atoms with E-state index in [1.54, 1.807) is 18.2 Å². The molecule has 1 saturated heterocycles. The lowest BCUT2D eigenvalue weighted by molar-refractivity contribution is -0.137. The predicted octanol–water partition coefficient (Wildman–Crippen LogP) is 5.85. The average Bonchev–Trinajstić information content (AvgIpc) is 2.97. The van der Waals surface area contributed by atoms with Crippen LogP contribution in [0.2, 0.25) is 0 Å². The van der Waals surface area contributed by atoms with E-state index in [0.717, 1.165) is 46.8 Å². The van der Waals surface area contributed by atoms with Gasteiger partial charge in [0.1, 0.15) is 11.8 Å². The van der Waals surface area contributed by atoms with Gasteiger partial charge in [0.25, 0.3) is 0 Å². The van der Waals surface area contributed by atoms with Gasteiger partial charge in [0.05, 0.1) is 28.4 Å². The Morgan fingerprint density at radius 1 is 0.976 bits per heavy atom. The largest absolute Gasteiger partial charge is 0.494 e. The zero-order chi connectivity index (χ0) is 29.2. The van der Waals surface area contributed by atoms with Gasteiger partial charge in [0.2, 0.25) is 15.9 Å². The van der Waals surface area contributed by atoms with E-state index < -0.39 is 33.7 Å². The van der Waals surface area contributed by atoms with Crippen molar-refractivity contribution in [3.8, 4) is 5.75 Å². The summed E-state index contributed by atoms with van der Waals surface area (Å²) in [5, 5.41) is 2.69. The Bertz CT molecular complexity index is 1500. The molecule has 0 saturated carbocycles. The van der Waals surface area contributed by atoms with Crippen molar-refractivity contribution in [1.29, 1.82) is 0 Å². The third-order valence-corrected chi connectivity index (χ3v) is 9.40. The number of hydrogen-bond donors (Lipinski definition) is 1. The van der Waals surface area contributed by atoms with Crippen LogP contribution in [0.15, 0.2) is 71.6 Å². The van der Waals surface area contributed by atoms with Crippen LogP contribution in [-0.2, 0) is 34.0 Å². The molecule has 0 aromatic heterocycles. The van der Waals surface area contributed by atoms with Gasteiger partial charge in [-0.1, -0.05) is 24.3 Å². The average molecular weight is 588 g/mol. The first kappa shape index (κ1) is 28.9. The number of amides is 1. The molecule has 1 atom stereocenters. The van der Waals surface area contributed by atoms with Crippen molar-refractivity contribution in [2.75, 3.05) is 29.9 Å². The minimum absolute atomic E-state index is 0.00814. The van der Waals surface area contributed by atoms with Gasteiger partial charge < -0.3 is 15.0 Å². The van der Waals surface area contributed by atoms with Crippen molar-refractivity contribution in [3.63, 3.8) is 0 Å². The van der Waals surface area contributed by atoms with Crippen LogP contribution in [0.1, 0.15) is 42.9 Å². The number of fused-ring (bicyclic) bond motifs is 1. The number of halogens is 3. The number of anilines is 2. The molecule has 7 nitrogen and oxygen atoms in total. The zero-order valence-corrected chi connectivity index (χ0v) is 23.5. The fourth-order valence-corrected chi connectivity index (χ4v) is 6.99. The van der Waals surface area contributed by atoms with Crippen molar-refractivity contribution in [2.45, 2.75) is 56.3 Å². The molecule has 11 heteroatoms. The number of carbonyl (C=O) groups excluding carboxylic acids is 1. The van der Waals surface area contributed by atoms with Crippen molar-refractivity contribution in [2.24, 2.45) is 0 Å². The molecule has 41 heavy (non-hydrogen) atoms. The molecule has 5 rings (SSSR count). The standard InChI is InChI=1S/C30H32F3N3O4S/c1-2-40-24-11-13-25(14-12-24)41(38,39)36-20-22-9-5-4-8-21(22)18-28(36)29(37)34-26-19-23(30(31,32)33)10-15-27(26)35-16-6-3-7-17-35/h4-5,8-15,19,28H,2-3,6-7,16-18,20H2,1H3,(H,34,37)/t28-/m0/s1. The van der Waals surface area contributed by atoms with Crippen molar-refractivity contribution in [1.82, 2.24) is 4.31 Å².